The van der Waals surface area contributed by atoms with Crippen molar-refractivity contribution in [3.63, 3.8) is 0 Å². The largest absolute Gasteiger partial charge is 0.340 e. The van der Waals surface area contributed by atoms with Crippen LogP contribution in [-0.2, 0) is 11.3 Å². The molecule has 0 spiro atoms. The van der Waals surface area contributed by atoms with E-state index in [1.54, 1.807) is 0 Å². The highest BCUT2D eigenvalue weighted by Gasteiger charge is 2.32. The molecule has 2 aliphatic heterocycles. The predicted molar refractivity (Wildman–Crippen MR) is 102 cm³/mol. The van der Waals surface area contributed by atoms with Crippen LogP contribution in [-0.4, -0.2) is 65.4 Å². The van der Waals surface area contributed by atoms with E-state index < -0.39 is 0 Å². The molecule has 0 saturated carbocycles. The number of carbonyl (C=O) groups is 1. The second kappa shape index (κ2) is 7.88. The fourth-order valence-electron chi connectivity index (χ4n) is 4.04. The minimum atomic E-state index is 0.206. The van der Waals surface area contributed by atoms with Gasteiger partial charge in [0.2, 0.25) is 5.91 Å². The summed E-state index contributed by atoms with van der Waals surface area (Å²) in [6.45, 7) is 13.6. The normalized spacial score (nSPS) is 21.5. The first-order valence-corrected chi connectivity index (χ1v) is 9.73. The highest BCUT2D eigenvalue weighted by atomic mass is 16.2. The van der Waals surface area contributed by atoms with E-state index in [2.05, 4.69) is 65.8 Å². The van der Waals surface area contributed by atoms with Gasteiger partial charge in [0.1, 0.15) is 0 Å². The lowest BCUT2D eigenvalue weighted by Crippen LogP contribution is -2.56. The Bertz CT molecular complexity index is 550. The Balaban J connectivity index is 1.44. The number of rotatable bonds is 3. The third kappa shape index (κ3) is 4.83. The zero-order chi connectivity index (χ0) is 17.9. The molecule has 0 atom stereocenters. The van der Waals surface area contributed by atoms with Gasteiger partial charge in [0, 0.05) is 44.2 Å². The van der Waals surface area contributed by atoms with E-state index in [1.165, 1.54) is 5.56 Å². The summed E-state index contributed by atoms with van der Waals surface area (Å²) in [6.07, 6.45) is 2.01. The molecular formula is C21H33N3O. The lowest BCUT2D eigenvalue weighted by molar-refractivity contribution is -0.139. The fraction of sp³-hybridized carbons (Fsp3) is 0.667. The van der Waals surface area contributed by atoms with E-state index >= 15 is 0 Å². The van der Waals surface area contributed by atoms with Crippen molar-refractivity contribution >= 4 is 5.91 Å². The number of hydrogen-bond acceptors (Lipinski definition) is 3. The molecule has 138 valence electrons. The topological polar surface area (TPSA) is 26.8 Å². The molecule has 0 N–H and O–H groups in total. The maximum absolute atomic E-state index is 12.9. The van der Waals surface area contributed by atoms with Gasteiger partial charge in [-0.25, -0.2) is 0 Å². The Morgan fingerprint density at radius 2 is 1.56 bits per heavy atom. The summed E-state index contributed by atoms with van der Waals surface area (Å²) < 4.78 is 0. The Morgan fingerprint density at radius 1 is 0.960 bits per heavy atom. The molecule has 0 bridgehead atoms. The van der Waals surface area contributed by atoms with Crippen molar-refractivity contribution in [2.45, 2.75) is 45.7 Å². The first-order valence-electron chi connectivity index (χ1n) is 9.73. The Hall–Kier alpha value is -1.39. The van der Waals surface area contributed by atoms with Crippen LogP contribution in [0.15, 0.2) is 30.3 Å². The maximum atomic E-state index is 12.9. The van der Waals surface area contributed by atoms with Gasteiger partial charge in [0.15, 0.2) is 0 Å². The molecule has 0 unspecified atom stereocenters. The molecule has 2 aliphatic rings. The van der Waals surface area contributed by atoms with Crippen molar-refractivity contribution in [2.75, 3.05) is 39.3 Å². The first-order chi connectivity index (χ1) is 11.9. The zero-order valence-corrected chi connectivity index (χ0v) is 16.1. The van der Waals surface area contributed by atoms with Gasteiger partial charge in [0.25, 0.3) is 0 Å². The highest BCUT2D eigenvalue weighted by molar-refractivity contribution is 5.79. The minimum absolute atomic E-state index is 0.206. The summed E-state index contributed by atoms with van der Waals surface area (Å²) in [5.74, 6) is 0.626. The second-order valence-electron chi connectivity index (χ2n) is 8.52. The number of nitrogens with zero attached hydrogens (tertiary/aromatic N) is 3. The number of likely N-dealkylation sites (tertiary alicyclic amines) is 1. The van der Waals surface area contributed by atoms with E-state index in [1.807, 2.05) is 0 Å². The van der Waals surface area contributed by atoms with Crippen LogP contribution in [0.3, 0.4) is 0 Å². The van der Waals surface area contributed by atoms with Crippen molar-refractivity contribution in [3.8, 4) is 0 Å². The quantitative estimate of drug-likeness (QED) is 0.844. The standard InChI is InChI=1S/C21H33N3O/c1-21(2,3)24-15-13-23(14-16-24)20(25)19-9-11-22(12-10-19)17-18-7-5-4-6-8-18/h4-8,19H,9-17H2,1-3H3. The molecule has 0 aliphatic carbocycles. The summed E-state index contributed by atoms with van der Waals surface area (Å²) in [4.78, 5) is 19.9. The molecule has 4 nitrogen and oxygen atoms in total. The van der Waals surface area contributed by atoms with Crippen LogP contribution in [0.1, 0.15) is 39.2 Å². The third-order valence-electron chi connectivity index (χ3n) is 5.73. The second-order valence-corrected chi connectivity index (χ2v) is 8.52. The third-order valence-corrected chi connectivity index (χ3v) is 5.73. The van der Waals surface area contributed by atoms with Crippen molar-refractivity contribution in [3.05, 3.63) is 35.9 Å². The molecule has 2 heterocycles. The molecule has 3 rings (SSSR count). The minimum Gasteiger partial charge on any atom is -0.340 e. The molecule has 0 aromatic heterocycles. The molecular weight excluding hydrogens is 310 g/mol. The predicted octanol–water partition coefficient (Wildman–Crippen LogP) is 2.84. The molecule has 25 heavy (non-hydrogen) atoms. The van der Waals surface area contributed by atoms with Crippen LogP contribution in [0.5, 0.6) is 0 Å². The Kier molecular flexibility index (Phi) is 5.80. The number of carbonyl (C=O) groups excluding carboxylic acids is 1. The van der Waals surface area contributed by atoms with E-state index in [9.17, 15) is 4.79 Å². The highest BCUT2D eigenvalue weighted by Crippen LogP contribution is 2.23. The average molecular weight is 344 g/mol. The van der Waals surface area contributed by atoms with Gasteiger partial charge in [-0.15, -0.1) is 0 Å². The monoisotopic (exact) mass is 343 g/mol. The summed E-state index contributed by atoms with van der Waals surface area (Å²) in [6, 6.07) is 10.6. The van der Waals surface area contributed by atoms with Crippen LogP contribution in [0, 0.1) is 5.92 Å². The number of piperidine rings is 1. The molecule has 0 radical (unpaired) electrons. The summed E-state index contributed by atoms with van der Waals surface area (Å²) in [5, 5.41) is 0. The van der Waals surface area contributed by atoms with Gasteiger partial charge in [0.05, 0.1) is 0 Å². The van der Waals surface area contributed by atoms with Gasteiger partial charge in [-0.2, -0.15) is 0 Å². The van der Waals surface area contributed by atoms with E-state index in [0.717, 1.165) is 58.7 Å². The van der Waals surface area contributed by atoms with Crippen molar-refractivity contribution in [2.24, 2.45) is 5.92 Å². The summed E-state index contributed by atoms with van der Waals surface area (Å²) >= 11 is 0. The molecule has 1 aromatic carbocycles. The van der Waals surface area contributed by atoms with Gasteiger partial charge in [-0.3, -0.25) is 14.6 Å². The molecule has 2 saturated heterocycles. The van der Waals surface area contributed by atoms with Gasteiger partial charge in [-0.1, -0.05) is 30.3 Å². The molecule has 1 aromatic rings. The zero-order valence-electron chi connectivity index (χ0n) is 16.1. The number of benzene rings is 1. The first kappa shape index (κ1) is 18.4. The van der Waals surface area contributed by atoms with Crippen LogP contribution in [0.4, 0.5) is 0 Å². The van der Waals surface area contributed by atoms with E-state index in [0.29, 0.717) is 5.91 Å². The Labute approximate surface area is 152 Å². The van der Waals surface area contributed by atoms with Crippen LogP contribution in [0.25, 0.3) is 0 Å². The van der Waals surface area contributed by atoms with Crippen LogP contribution >= 0.6 is 0 Å². The van der Waals surface area contributed by atoms with Crippen LogP contribution < -0.4 is 0 Å². The number of hydrogen-bond donors (Lipinski definition) is 0. The van der Waals surface area contributed by atoms with E-state index in [-0.39, 0.29) is 11.5 Å². The van der Waals surface area contributed by atoms with Gasteiger partial charge < -0.3 is 4.90 Å². The number of piperazine rings is 1. The molecule has 1 amide bonds. The molecule has 4 heteroatoms. The van der Waals surface area contributed by atoms with Gasteiger partial charge in [-0.05, 0) is 52.3 Å². The number of amides is 1. The van der Waals surface area contributed by atoms with E-state index in [4.69, 9.17) is 0 Å². The van der Waals surface area contributed by atoms with Crippen LogP contribution in [0.2, 0.25) is 0 Å². The fourth-order valence-corrected chi connectivity index (χ4v) is 4.04. The summed E-state index contributed by atoms with van der Waals surface area (Å²) in [5.41, 5.74) is 1.57. The smallest absolute Gasteiger partial charge is 0.225 e. The van der Waals surface area contributed by atoms with Crippen molar-refractivity contribution in [1.29, 1.82) is 0 Å². The maximum Gasteiger partial charge on any atom is 0.225 e. The van der Waals surface area contributed by atoms with Gasteiger partial charge >= 0.3 is 0 Å². The van der Waals surface area contributed by atoms with Crippen molar-refractivity contribution < 1.29 is 4.79 Å². The lowest BCUT2D eigenvalue weighted by atomic mass is 9.94. The SMILES string of the molecule is CC(C)(C)N1CCN(C(=O)C2CCN(Cc3ccccc3)CC2)CC1. The Morgan fingerprint density at radius 3 is 2.12 bits per heavy atom. The summed E-state index contributed by atoms with van der Waals surface area (Å²) in [7, 11) is 0. The average Bonchev–Trinajstić information content (AvgIpc) is 2.62. The van der Waals surface area contributed by atoms with Crippen molar-refractivity contribution in [1.82, 2.24) is 14.7 Å². The molecule has 2 fully saturated rings. The lowest BCUT2D eigenvalue weighted by Gasteiger charge is -2.43.